The Morgan fingerprint density at radius 1 is 1.42 bits per heavy atom. The van der Waals surface area contributed by atoms with Gasteiger partial charge in [0.15, 0.2) is 0 Å². The Balaban J connectivity index is 2.65. The van der Waals surface area contributed by atoms with Crippen LogP contribution in [0.25, 0.3) is 0 Å². The zero-order valence-corrected chi connectivity index (χ0v) is 11.7. The number of hydrogen-bond acceptors (Lipinski definition) is 3. The van der Waals surface area contributed by atoms with Gasteiger partial charge in [0.1, 0.15) is 0 Å². The molecule has 0 aliphatic carbocycles. The maximum Gasteiger partial charge on any atom is 0.227 e. The van der Waals surface area contributed by atoms with Crippen LogP contribution in [0.15, 0.2) is 30.3 Å². The van der Waals surface area contributed by atoms with Crippen molar-refractivity contribution in [3.63, 3.8) is 0 Å². The monoisotopic (exact) mass is 264 g/mol. The lowest BCUT2D eigenvalue weighted by molar-refractivity contribution is -0.131. The van der Waals surface area contributed by atoms with Crippen molar-refractivity contribution in [3.05, 3.63) is 35.9 Å². The fraction of sp³-hybridized carbons (Fsp3) is 0.533. The molecule has 1 unspecified atom stereocenters. The van der Waals surface area contributed by atoms with Crippen molar-refractivity contribution in [2.45, 2.75) is 32.7 Å². The van der Waals surface area contributed by atoms with Crippen LogP contribution in [0.4, 0.5) is 0 Å². The van der Waals surface area contributed by atoms with Crippen LogP contribution in [0, 0.1) is 5.41 Å². The molecule has 0 aliphatic rings. The Morgan fingerprint density at radius 2 is 2.05 bits per heavy atom. The second kappa shape index (κ2) is 7.26. The van der Waals surface area contributed by atoms with Gasteiger partial charge in [-0.25, -0.2) is 0 Å². The smallest absolute Gasteiger partial charge is 0.227 e. The normalized spacial score (nSPS) is 15.6. The Morgan fingerprint density at radius 3 is 2.53 bits per heavy atom. The molecule has 1 rings (SSSR count). The molecule has 0 heterocycles. The summed E-state index contributed by atoms with van der Waals surface area (Å²) in [6.07, 6.45) is 1.30. The van der Waals surface area contributed by atoms with E-state index in [9.17, 15) is 9.90 Å². The van der Waals surface area contributed by atoms with Crippen molar-refractivity contribution in [3.8, 4) is 0 Å². The molecule has 0 fully saturated rings. The number of nitrogens with two attached hydrogens (primary N) is 1. The van der Waals surface area contributed by atoms with Gasteiger partial charge in [-0.1, -0.05) is 37.3 Å². The Bertz CT molecular complexity index is 388. The standard InChI is InChI=1S/C15H24N2O2/c1-3-15(2,11-16)14(19)17-13(10-18)9-12-7-5-4-6-8-12/h4-8,13,18H,3,9-11,16H2,1-2H3,(H,17,19)/t13-,15?/m0/s1. The minimum atomic E-state index is -0.565. The molecule has 2 atom stereocenters. The van der Waals surface area contributed by atoms with E-state index < -0.39 is 5.41 Å². The molecular weight excluding hydrogens is 240 g/mol. The van der Waals surface area contributed by atoms with E-state index in [1.807, 2.05) is 44.2 Å². The molecule has 19 heavy (non-hydrogen) atoms. The third-order valence-electron chi connectivity index (χ3n) is 3.66. The Hall–Kier alpha value is -1.39. The highest BCUT2D eigenvalue weighted by Gasteiger charge is 2.30. The first-order valence-electron chi connectivity index (χ1n) is 6.71. The number of rotatable bonds is 7. The number of hydrogen-bond donors (Lipinski definition) is 3. The molecule has 0 saturated carbocycles. The van der Waals surface area contributed by atoms with Crippen molar-refractivity contribution < 1.29 is 9.90 Å². The van der Waals surface area contributed by atoms with Crippen LogP contribution in [-0.2, 0) is 11.2 Å². The molecule has 4 N–H and O–H groups in total. The Kier molecular flexibility index (Phi) is 5.99. The zero-order chi connectivity index (χ0) is 14.3. The molecule has 106 valence electrons. The van der Waals surface area contributed by atoms with E-state index in [2.05, 4.69) is 5.32 Å². The molecule has 0 radical (unpaired) electrons. The van der Waals surface area contributed by atoms with Crippen LogP contribution in [0.2, 0.25) is 0 Å². The van der Waals surface area contributed by atoms with E-state index in [0.717, 1.165) is 5.56 Å². The number of carbonyl (C=O) groups excluding carboxylic acids is 1. The van der Waals surface area contributed by atoms with Gasteiger partial charge in [-0.3, -0.25) is 4.79 Å². The number of aliphatic hydroxyl groups is 1. The molecule has 4 nitrogen and oxygen atoms in total. The first-order chi connectivity index (χ1) is 9.05. The third-order valence-corrected chi connectivity index (χ3v) is 3.66. The van der Waals surface area contributed by atoms with Crippen LogP contribution in [0.3, 0.4) is 0 Å². The van der Waals surface area contributed by atoms with E-state index in [1.165, 1.54) is 0 Å². The van der Waals surface area contributed by atoms with Crippen LogP contribution in [0.5, 0.6) is 0 Å². The summed E-state index contributed by atoms with van der Waals surface area (Å²) in [7, 11) is 0. The highest BCUT2D eigenvalue weighted by atomic mass is 16.3. The summed E-state index contributed by atoms with van der Waals surface area (Å²) in [5.41, 5.74) is 6.19. The average molecular weight is 264 g/mol. The van der Waals surface area contributed by atoms with Gasteiger partial charge in [0.25, 0.3) is 0 Å². The summed E-state index contributed by atoms with van der Waals surface area (Å²) in [6.45, 7) is 4.01. The minimum absolute atomic E-state index is 0.0784. The number of aliphatic hydroxyl groups excluding tert-OH is 1. The maximum atomic E-state index is 12.2. The molecule has 0 spiro atoms. The first kappa shape index (κ1) is 15.7. The van der Waals surface area contributed by atoms with Gasteiger partial charge in [0.2, 0.25) is 5.91 Å². The van der Waals surface area contributed by atoms with Gasteiger partial charge in [-0.05, 0) is 25.3 Å². The van der Waals surface area contributed by atoms with Crippen molar-refractivity contribution in [1.29, 1.82) is 0 Å². The number of amides is 1. The van der Waals surface area contributed by atoms with Gasteiger partial charge >= 0.3 is 0 Å². The highest BCUT2D eigenvalue weighted by molar-refractivity contribution is 5.82. The molecule has 0 bridgehead atoms. The molecular formula is C15H24N2O2. The quantitative estimate of drug-likeness (QED) is 0.690. The molecule has 0 aromatic heterocycles. The van der Waals surface area contributed by atoms with Crippen LogP contribution >= 0.6 is 0 Å². The fourth-order valence-corrected chi connectivity index (χ4v) is 1.82. The van der Waals surface area contributed by atoms with Gasteiger partial charge < -0.3 is 16.2 Å². The maximum absolute atomic E-state index is 12.2. The predicted octanol–water partition coefficient (Wildman–Crippen LogP) is 1.08. The van der Waals surface area contributed by atoms with Crippen molar-refractivity contribution in [2.24, 2.45) is 11.1 Å². The van der Waals surface area contributed by atoms with Crippen molar-refractivity contribution in [2.75, 3.05) is 13.2 Å². The summed E-state index contributed by atoms with van der Waals surface area (Å²) in [5, 5.41) is 12.3. The molecule has 1 aromatic carbocycles. The molecule has 1 aromatic rings. The molecule has 0 saturated heterocycles. The molecule has 1 amide bonds. The van der Waals surface area contributed by atoms with E-state index in [-0.39, 0.29) is 18.6 Å². The van der Waals surface area contributed by atoms with Crippen LogP contribution in [-0.4, -0.2) is 30.2 Å². The Labute approximate surface area is 115 Å². The van der Waals surface area contributed by atoms with Gasteiger partial charge in [-0.2, -0.15) is 0 Å². The largest absolute Gasteiger partial charge is 0.394 e. The van der Waals surface area contributed by atoms with Crippen LogP contribution in [0.1, 0.15) is 25.8 Å². The zero-order valence-electron chi connectivity index (χ0n) is 11.7. The van der Waals surface area contributed by atoms with E-state index >= 15 is 0 Å². The highest BCUT2D eigenvalue weighted by Crippen LogP contribution is 2.19. The third kappa shape index (κ3) is 4.33. The van der Waals surface area contributed by atoms with Crippen molar-refractivity contribution in [1.82, 2.24) is 5.32 Å². The summed E-state index contributed by atoms with van der Waals surface area (Å²) < 4.78 is 0. The van der Waals surface area contributed by atoms with Gasteiger partial charge in [0, 0.05) is 6.54 Å². The SMILES string of the molecule is CCC(C)(CN)C(=O)N[C@H](CO)Cc1ccccc1. The van der Waals surface area contributed by atoms with E-state index in [4.69, 9.17) is 5.73 Å². The second-order valence-corrected chi connectivity index (χ2v) is 5.16. The number of benzene rings is 1. The van der Waals surface area contributed by atoms with E-state index in [1.54, 1.807) is 0 Å². The number of nitrogens with one attached hydrogen (secondary N) is 1. The first-order valence-corrected chi connectivity index (χ1v) is 6.71. The van der Waals surface area contributed by atoms with Gasteiger partial charge in [0.05, 0.1) is 18.1 Å². The fourth-order valence-electron chi connectivity index (χ4n) is 1.82. The predicted molar refractivity (Wildman–Crippen MR) is 76.6 cm³/mol. The number of carbonyl (C=O) groups is 1. The van der Waals surface area contributed by atoms with Gasteiger partial charge in [-0.15, -0.1) is 0 Å². The van der Waals surface area contributed by atoms with Crippen LogP contribution < -0.4 is 11.1 Å². The molecule has 0 aliphatic heterocycles. The molecule has 4 heteroatoms. The van der Waals surface area contributed by atoms with E-state index in [0.29, 0.717) is 19.4 Å². The second-order valence-electron chi connectivity index (χ2n) is 5.16. The topological polar surface area (TPSA) is 75.4 Å². The summed E-state index contributed by atoms with van der Waals surface area (Å²) in [4.78, 5) is 12.2. The average Bonchev–Trinajstić information content (AvgIpc) is 2.46. The lowest BCUT2D eigenvalue weighted by Gasteiger charge is -2.28. The lowest BCUT2D eigenvalue weighted by Crippen LogP contribution is -2.49. The summed E-state index contributed by atoms with van der Waals surface area (Å²) >= 11 is 0. The lowest BCUT2D eigenvalue weighted by atomic mass is 9.86. The van der Waals surface area contributed by atoms with Crippen molar-refractivity contribution >= 4 is 5.91 Å². The summed E-state index contributed by atoms with van der Waals surface area (Å²) in [6, 6.07) is 9.53. The summed E-state index contributed by atoms with van der Waals surface area (Å²) in [5.74, 6) is -0.0903. The minimum Gasteiger partial charge on any atom is -0.394 e.